The van der Waals surface area contributed by atoms with E-state index in [2.05, 4.69) is 17.6 Å². The fourth-order valence-electron chi connectivity index (χ4n) is 3.52. The Hall–Kier alpha value is -2.12. The molecule has 8 heteroatoms. The van der Waals surface area contributed by atoms with Crippen LogP contribution in [0.25, 0.3) is 0 Å². The summed E-state index contributed by atoms with van der Waals surface area (Å²) in [4.78, 5) is 38.6. The molecule has 1 aliphatic carbocycles. The van der Waals surface area contributed by atoms with Crippen LogP contribution in [-0.2, 0) is 9.59 Å². The lowest BCUT2D eigenvalue weighted by atomic mass is 9.96. The molecule has 0 spiro atoms. The zero-order chi connectivity index (χ0) is 19.4. The predicted octanol–water partition coefficient (Wildman–Crippen LogP) is 1.63. The maximum absolute atomic E-state index is 12.8. The number of nitrogens with zero attached hydrogens (tertiary/aromatic N) is 1. The van der Waals surface area contributed by atoms with Crippen molar-refractivity contribution in [2.75, 3.05) is 31.5 Å². The molecule has 3 unspecified atom stereocenters. The van der Waals surface area contributed by atoms with Crippen LogP contribution >= 0.6 is 12.4 Å². The number of halogens is 1. The van der Waals surface area contributed by atoms with Gasteiger partial charge in [-0.2, -0.15) is 0 Å². The molecule has 0 aromatic heterocycles. The molecule has 3 rings (SSSR count). The summed E-state index contributed by atoms with van der Waals surface area (Å²) < 4.78 is 0. The summed E-state index contributed by atoms with van der Waals surface area (Å²) in [6, 6.07) is 6.97. The molecule has 1 aromatic rings. The summed E-state index contributed by atoms with van der Waals surface area (Å²) in [5.74, 6) is 0.310. The van der Waals surface area contributed by atoms with Crippen molar-refractivity contribution >= 4 is 35.8 Å². The van der Waals surface area contributed by atoms with Crippen LogP contribution in [0.4, 0.5) is 5.69 Å². The largest absolute Gasteiger partial charge is 0.355 e. The van der Waals surface area contributed by atoms with Crippen molar-refractivity contribution in [2.24, 2.45) is 23.5 Å². The number of likely N-dealkylation sites (tertiary alicyclic amines) is 1. The monoisotopic (exact) mass is 408 g/mol. The summed E-state index contributed by atoms with van der Waals surface area (Å²) in [5.41, 5.74) is 6.69. The highest BCUT2D eigenvalue weighted by molar-refractivity contribution is 5.97. The smallest absolute Gasteiger partial charge is 0.253 e. The van der Waals surface area contributed by atoms with Gasteiger partial charge in [-0.1, -0.05) is 6.92 Å². The van der Waals surface area contributed by atoms with Crippen molar-refractivity contribution < 1.29 is 14.4 Å². The van der Waals surface area contributed by atoms with Crippen molar-refractivity contribution in [1.29, 1.82) is 0 Å². The second-order valence-electron chi connectivity index (χ2n) is 7.56. The van der Waals surface area contributed by atoms with Gasteiger partial charge < -0.3 is 21.3 Å². The molecule has 3 atom stereocenters. The van der Waals surface area contributed by atoms with Crippen LogP contribution in [0.15, 0.2) is 24.3 Å². The highest BCUT2D eigenvalue weighted by atomic mass is 35.5. The van der Waals surface area contributed by atoms with E-state index in [1.165, 1.54) is 0 Å². The van der Waals surface area contributed by atoms with E-state index in [1.54, 1.807) is 29.2 Å². The number of hydrogen-bond donors (Lipinski definition) is 3. The molecule has 1 saturated carbocycles. The molecule has 1 saturated heterocycles. The molecule has 1 aromatic carbocycles. The lowest BCUT2D eigenvalue weighted by Gasteiger charge is -2.32. The second-order valence-corrected chi connectivity index (χ2v) is 7.56. The topological polar surface area (TPSA) is 105 Å². The first-order chi connectivity index (χ1) is 13.0. The molecule has 1 aliphatic heterocycles. The van der Waals surface area contributed by atoms with Gasteiger partial charge in [-0.15, -0.1) is 12.4 Å². The maximum Gasteiger partial charge on any atom is 0.253 e. The molecule has 154 valence electrons. The zero-order valence-electron chi connectivity index (χ0n) is 16.1. The lowest BCUT2D eigenvalue weighted by Crippen LogP contribution is -2.46. The van der Waals surface area contributed by atoms with E-state index < -0.39 is 0 Å². The van der Waals surface area contributed by atoms with E-state index in [1.807, 2.05) is 0 Å². The van der Waals surface area contributed by atoms with Gasteiger partial charge in [0, 0.05) is 43.3 Å². The van der Waals surface area contributed by atoms with Gasteiger partial charge in [0.15, 0.2) is 0 Å². The first-order valence-corrected chi connectivity index (χ1v) is 9.67. The second kappa shape index (κ2) is 9.89. The van der Waals surface area contributed by atoms with E-state index >= 15 is 0 Å². The van der Waals surface area contributed by atoms with Gasteiger partial charge in [0.1, 0.15) is 0 Å². The number of hydrogen-bond acceptors (Lipinski definition) is 4. The van der Waals surface area contributed by atoms with E-state index in [0.717, 1.165) is 19.3 Å². The quantitative estimate of drug-likeness (QED) is 0.665. The predicted molar refractivity (Wildman–Crippen MR) is 110 cm³/mol. The van der Waals surface area contributed by atoms with Gasteiger partial charge in [0.05, 0.1) is 5.92 Å². The standard InChI is InChI=1S/C20H28N4O3.ClH/c1-13-11-17(13)19(26)23-16-6-4-14(5-7-16)20(27)24-10-2-3-15(12-24)18(25)22-9-8-21;/h4-7,13,15,17H,2-3,8-12,21H2,1H3,(H,22,25)(H,23,26);1H. The molecule has 0 bridgehead atoms. The third-order valence-corrected chi connectivity index (χ3v) is 5.37. The van der Waals surface area contributed by atoms with E-state index in [-0.39, 0.29) is 42.0 Å². The number of carbonyl (C=O) groups excluding carboxylic acids is 3. The summed E-state index contributed by atoms with van der Waals surface area (Å²) in [6.45, 7) is 4.00. The van der Waals surface area contributed by atoms with Gasteiger partial charge >= 0.3 is 0 Å². The van der Waals surface area contributed by atoms with Crippen molar-refractivity contribution in [3.8, 4) is 0 Å². The molecule has 4 N–H and O–H groups in total. The number of nitrogens with two attached hydrogens (primary N) is 1. The fraction of sp³-hybridized carbons (Fsp3) is 0.550. The van der Waals surface area contributed by atoms with Gasteiger partial charge in [-0.3, -0.25) is 14.4 Å². The van der Waals surface area contributed by atoms with E-state index in [4.69, 9.17) is 5.73 Å². The number of piperidine rings is 1. The molecule has 3 amide bonds. The van der Waals surface area contributed by atoms with Crippen LogP contribution in [0, 0.1) is 17.8 Å². The Morgan fingerprint density at radius 3 is 2.46 bits per heavy atom. The Morgan fingerprint density at radius 2 is 1.86 bits per heavy atom. The molecule has 7 nitrogen and oxygen atoms in total. The van der Waals surface area contributed by atoms with Crippen molar-refractivity contribution in [3.05, 3.63) is 29.8 Å². The van der Waals surface area contributed by atoms with Crippen LogP contribution in [0.1, 0.15) is 36.5 Å². The molecule has 28 heavy (non-hydrogen) atoms. The number of benzene rings is 1. The zero-order valence-corrected chi connectivity index (χ0v) is 17.0. The highest BCUT2D eigenvalue weighted by Gasteiger charge is 2.39. The minimum atomic E-state index is -0.187. The van der Waals surface area contributed by atoms with Crippen LogP contribution in [0.5, 0.6) is 0 Å². The summed E-state index contributed by atoms with van der Waals surface area (Å²) in [6.07, 6.45) is 2.53. The number of rotatable bonds is 6. The molecular formula is C20H29ClN4O3. The highest BCUT2D eigenvalue weighted by Crippen LogP contribution is 2.38. The van der Waals surface area contributed by atoms with Crippen molar-refractivity contribution in [1.82, 2.24) is 10.2 Å². The third-order valence-electron chi connectivity index (χ3n) is 5.37. The lowest BCUT2D eigenvalue weighted by molar-refractivity contribution is -0.126. The molecule has 1 heterocycles. The number of nitrogens with one attached hydrogen (secondary N) is 2. The van der Waals surface area contributed by atoms with Crippen LogP contribution in [-0.4, -0.2) is 48.8 Å². The Balaban J connectivity index is 0.00000280. The molecule has 2 aliphatic rings. The number of amides is 3. The maximum atomic E-state index is 12.8. The van der Waals surface area contributed by atoms with Crippen LogP contribution < -0.4 is 16.4 Å². The first kappa shape index (κ1) is 22.2. The Kier molecular flexibility index (Phi) is 7.83. The van der Waals surface area contributed by atoms with E-state index in [0.29, 0.717) is 43.3 Å². The normalized spacial score (nSPS) is 23.4. The third kappa shape index (κ3) is 5.45. The first-order valence-electron chi connectivity index (χ1n) is 9.67. The average molecular weight is 409 g/mol. The Bertz CT molecular complexity index is 710. The summed E-state index contributed by atoms with van der Waals surface area (Å²) in [7, 11) is 0. The van der Waals surface area contributed by atoms with Gasteiger partial charge in [0.25, 0.3) is 5.91 Å². The average Bonchev–Trinajstić information content (AvgIpc) is 3.43. The van der Waals surface area contributed by atoms with Crippen molar-refractivity contribution in [2.45, 2.75) is 26.2 Å². The Morgan fingerprint density at radius 1 is 1.18 bits per heavy atom. The molecule has 2 fully saturated rings. The van der Waals surface area contributed by atoms with Crippen LogP contribution in [0.2, 0.25) is 0 Å². The van der Waals surface area contributed by atoms with Crippen LogP contribution in [0.3, 0.4) is 0 Å². The van der Waals surface area contributed by atoms with Gasteiger partial charge in [-0.25, -0.2) is 0 Å². The summed E-state index contributed by atoms with van der Waals surface area (Å²) >= 11 is 0. The van der Waals surface area contributed by atoms with Gasteiger partial charge in [0.2, 0.25) is 11.8 Å². The van der Waals surface area contributed by atoms with Crippen molar-refractivity contribution in [3.63, 3.8) is 0 Å². The summed E-state index contributed by atoms with van der Waals surface area (Å²) in [5, 5.41) is 5.70. The number of anilines is 1. The SMILES string of the molecule is CC1CC1C(=O)Nc1ccc(C(=O)N2CCCC(C(=O)NCCN)C2)cc1.Cl. The fourth-order valence-corrected chi connectivity index (χ4v) is 3.52. The minimum Gasteiger partial charge on any atom is -0.355 e. The molecule has 0 radical (unpaired) electrons. The minimum absolute atomic E-state index is 0. The van der Waals surface area contributed by atoms with E-state index in [9.17, 15) is 14.4 Å². The van der Waals surface area contributed by atoms with Gasteiger partial charge in [-0.05, 0) is 49.4 Å². The molecular weight excluding hydrogens is 380 g/mol. The number of carbonyl (C=O) groups is 3. The Labute approximate surface area is 171 Å².